The van der Waals surface area contributed by atoms with Crippen LogP contribution in [0.5, 0.6) is 0 Å². The van der Waals surface area contributed by atoms with Gasteiger partial charge in [0.25, 0.3) is 0 Å². The van der Waals surface area contributed by atoms with Gasteiger partial charge in [-0.2, -0.15) is 0 Å². The highest BCUT2D eigenvalue weighted by atomic mass is 35.5. The van der Waals surface area contributed by atoms with Gasteiger partial charge < -0.3 is 0 Å². The van der Waals surface area contributed by atoms with Crippen LogP contribution in [-0.2, 0) is 11.4 Å². The van der Waals surface area contributed by atoms with Crippen molar-refractivity contribution >= 4 is 11.6 Å². The summed E-state index contributed by atoms with van der Waals surface area (Å²) >= 11 is 5.50. The van der Waals surface area contributed by atoms with E-state index < -0.39 is 5.82 Å². The van der Waals surface area contributed by atoms with Gasteiger partial charge >= 0.3 is 0 Å². The molecule has 3 N–H and O–H groups in total. The minimum absolute atomic E-state index is 0.111. The van der Waals surface area contributed by atoms with Crippen molar-refractivity contribution in [3.8, 4) is 0 Å². The Morgan fingerprint density at radius 2 is 2.27 bits per heavy atom. The first-order chi connectivity index (χ1) is 5.25. The van der Waals surface area contributed by atoms with Crippen LogP contribution in [0.1, 0.15) is 5.56 Å². The van der Waals surface area contributed by atoms with Gasteiger partial charge in [-0.1, -0.05) is 23.7 Å². The second-order valence-electron chi connectivity index (χ2n) is 2.06. The van der Waals surface area contributed by atoms with Crippen LogP contribution in [0, 0.1) is 5.82 Å². The van der Waals surface area contributed by atoms with E-state index in [2.05, 4.69) is 10.7 Å². The lowest BCUT2D eigenvalue weighted by Gasteiger charge is -1.99. The van der Waals surface area contributed by atoms with E-state index in [0.29, 0.717) is 5.56 Å². The van der Waals surface area contributed by atoms with Gasteiger partial charge in [0.05, 0.1) is 5.02 Å². The third-order valence-electron chi connectivity index (χ3n) is 1.29. The van der Waals surface area contributed by atoms with Crippen molar-refractivity contribution in [2.24, 2.45) is 0 Å². The van der Waals surface area contributed by atoms with E-state index in [1.54, 1.807) is 12.1 Å². The zero-order chi connectivity index (χ0) is 8.27. The van der Waals surface area contributed by atoms with Crippen LogP contribution < -0.4 is 5.90 Å². The molecule has 1 aromatic rings. The van der Waals surface area contributed by atoms with Gasteiger partial charge in [-0.05, 0) is 6.07 Å². The van der Waals surface area contributed by atoms with Crippen molar-refractivity contribution in [1.82, 2.24) is 0 Å². The van der Waals surface area contributed by atoms with E-state index in [1.165, 1.54) is 6.07 Å². The summed E-state index contributed by atoms with van der Waals surface area (Å²) in [5, 5.41) is 0.111. The summed E-state index contributed by atoms with van der Waals surface area (Å²) in [5.74, 6) is 2.71. The van der Waals surface area contributed by atoms with Crippen molar-refractivity contribution in [2.75, 3.05) is 0 Å². The largest absolute Gasteiger partial charge is 0.212 e. The molecule has 0 radical (unpaired) electrons. The Morgan fingerprint density at radius 1 is 1.55 bits per heavy atom. The Kier molecular flexibility index (Phi) is 2.82. The van der Waals surface area contributed by atoms with Crippen molar-refractivity contribution in [3.05, 3.63) is 34.6 Å². The zero-order valence-corrected chi connectivity index (χ0v) is 6.57. The predicted molar refractivity (Wildman–Crippen MR) is 39.1 cm³/mol. The predicted octanol–water partition coefficient (Wildman–Crippen LogP) is 1.15. The fourth-order valence-corrected chi connectivity index (χ4v) is 0.964. The molecule has 0 amide bonds. The van der Waals surface area contributed by atoms with Crippen LogP contribution in [0.2, 0.25) is 5.02 Å². The maximum Gasteiger partial charge on any atom is 0.147 e. The number of quaternary nitrogens is 1. The molecule has 1 rings (SSSR count). The molecule has 2 nitrogen and oxygen atoms in total. The molecule has 0 bridgehead atoms. The molecule has 11 heavy (non-hydrogen) atoms. The molecule has 1 aromatic carbocycles. The van der Waals surface area contributed by atoms with Crippen LogP contribution in [0.15, 0.2) is 18.2 Å². The minimum atomic E-state index is -0.433. The Morgan fingerprint density at radius 3 is 2.91 bits per heavy atom. The Balaban J connectivity index is 2.96. The summed E-state index contributed by atoms with van der Waals surface area (Å²) in [5.41, 5.74) is 0.424. The molecule has 4 heteroatoms. The monoisotopic (exact) mass is 176 g/mol. The summed E-state index contributed by atoms with van der Waals surface area (Å²) in [7, 11) is 0. The fraction of sp³-hybridized carbons (Fsp3) is 0.143. The summed E-state index contributed by atoms with van der Waals surface area (Å²) < 4.78 is 12.9. The van der Waals surface area contributed by atoms with Gasteiger partial charge in [0.15, 0.2) is 0 Å². The zero-order valence-electron chi connectivity index (χ0n) is 5.81. The lowest BCUT2D eigenvalue weighted by atomic mass is 10.2. The average molecular weight is 177 g/mol. The van der Waals surface area contributed by atoms with E-state index in [4.69, 9.17) is 11.6 Å². The second-order valence-corrected chi connectivity index (χ2v) is 2.47. The molecule has 0 fully saturated rings. The topological polar surface area (TPSA) is 36.9 Å². The number of rotatable bonds is 2. The normalized spacial score (nSPS) is 10.1. The first-order valence-electron chi connectivity index (χ1n) is 3.05. The highest BCUT2D eigenvalue weighted by molar-refractivity contribution is 6.30. The SMILES string of the molecule is [NH3+]OCc1cccc(Cl)c1F. The van der Waals surface area contributed by atoms with Gasteiger partial charge in [0, 0.05) is 5.56 Å². The van der Waals surface area contributed by atoms with Gasteiger partial charge in [-0.15, -0.1) is 0 Å². The number of halogens is 2. The third kappa shape index (κ3) is 1.89. The Labute approximate surface area is 68.7 Å². The molecule has 0 spiro atoms. The minimum Gasteiger partial charge on any atom is -0.212 e. The molecule has 0 saturated heterocycles. The van der Waals surface area contributed by atoms with Crippen LogP contribution in [-0.4, -0.2) is 0 Å². The smallest absolute Gasteiger partial charge is 0.147 e. The van der Waals surface area contributed by atoms with Crippen molar-refractivity contribution in [3.63, 3.8) is 0 Å². The van der Waals surface area contributed by atoms with Crippen molar-refractivity contribution in [1.29, 1.82) is 0 Å². The highest BCUT2D eigenvalue weighted by Gasteiger charge is 2.05. The average Bonchev–Trinajstić information content (AvgIpc) is 1.99. The summed E-state index contributed by atoms with van der Waals surface area (Å²) in [6.45, 7) is 0.145. The van der Waals surface area contributed by atoms with Crippen molar-refractivity contribution in [2.45, 2.75) is 6.61 Å². The molecule has 60 valence electrons. The molecule has 0 atom stereocenters. The first-order valence-corrected chi connectivity index (χ1v) is 3.43. The lowest BCUT2D eigenvalue weighted by Crippen LogP contribution is -2.48. The van der Waals surface area contributed by atoms with E-state index in [9.17, 15) is 4.39 Å². The summed E-state index contributed by atoms with van der Waals surface area (Å²) in [6.07, 6.45) is 0. The third-order valence-corrected chi connectivity index (χ3v) is 1.58. The molecule has 0 aliphatic heterocycles. The fourth-order valence-electron chi connectivity index (χ4n) is 0.770. The Bertz CT molecular complexity index is 254. The van der Waals surface area contributed by atoms with Gasteiger partial charge in [-0.3, -0.25) is 0 Å². The van der Waals surface area contributed by atoms with Crippen LogP contribution in [0.25, 0.3) is 0 Å². The maximum absolute atomic E-state index is 12.9. The molecule has 0 aliphatic carbocycles. The lowest BCUT2D eigenvalue weighted by molar-refractivity contribution is -0.695. The second kappa shape index (κ2) is 3.67. The van der Waals surface area contributed by atoms with E-state index in [-0.39, 0.29) is 11.6 Å². The molecule has 0 aliphatic rings. The quantitative estimate of drug-likeness (QED) is 0.675. The number of hydrogen-bond acceptors (Lipinski definition) is 1. The van der Waals surface area contributed by atoms with Crippen LogP contribution >= 0.6 is 11.6 Å². The molecule has 0 saturated carbocycles. The molecular weight excluding hydrogens is 169 g/mol. The van der Waals surface area contributed by atoms with Crippen molar-refractivity contribution < 1.29 is 15.1 Å². The van der Waals surface area contributed by atoms with Crippen LogP contribution in [0.3, 0.4) is 0 Å². The first kappa shape index (κ1) is 8.46. The maximum atomic E-state index is 12.9. The van der Waals surface area contributed by atoms with Gasteiger partial charge in [0.2, 0.25) is 0 Å². The van der Waals surface area contributed by atoms with E-state index >= 15 is 0 Å². The standard InChI is InChI=1S/C7H8ClFNO/c8-6-3-1-2-5(4-11-10)7(6)9/h1-3H,4H2,10H3/q+1. The molecular formula is C7H8ClFNO+. The molecule has 0 unspecified atom stereocenters. The number of hydrogen-bond donors (Lipinski definition) is 1. The van der Waals surface area contributed by atoms with Gasteiger partial charge in [0.1, 0.15) is 12.4 Å². The summed E-state index contributed by atoms with van der Waals surface area (Å²) in [4.78, 5) is 4.52. The molecule has 0 heterocycles. The number of benzene rings is 1. The van der Waals surface area contributed by atoms with Gasteiger partial charge in [-0.25, -0.2) is 15.1 Å². The van der Waals surface area contributed by atoms with E-state index in [0.717, 1.165) is 0 Å². The molecule has 0 aromatic heterocycles. The Hall–Kier alpha value is -0.640. The van der Waals surface area contributed by atoms with Crippen LogP contribution in [0.4, 0.5) is 4.39 Å². The van der Waals surface area contributed by atoms with E-state index in [1.807, 2.05) is 0 Å². The summed E-state index contributed by atoms with van der Waals surface area (Å²) in [6, 6.07) is 4.76. The highest BCUT2D eigenvalue weighted by Crippen LogP contribution is 2.17.